The zero-order valence-corrected chi connectivity index (χ0v) is 13.3. The van der Waals surface area contributed by atoms with Gasteiger partial charge in [-0.3, -0.25) is 4.79 Å². The van der Waals surface area contributed by atoms with Crippen molar-refractivity contribution in [2.45, 2.75) is 39.7 Å². The van der Waals surface area contributed by atoms with Crippen LogP contribution in [-0.2, 0) is 14.3 Å². The normalized spacial score (nSPS) is 12.1. The number of hydrogen-bond acceptors (Lipinski definition) is 5. The van der Waals surface area contributed by atoms with Crippen molar-refractivity contribution in [3.63, 3.8) is 0 Å². The van der Waals surface area contributed by atoms with Gasteiger partial charge in [0.1, 0.15) is 6.29 Å². The fourth-order valence-corrected chi connectivity index (χ4v) is 1.56. The average molecular weight is 312 g/mol. The first-order valence-corrected chi connectivity index (χ1v) is 7.26. The van der Waals surface area contributed by atoms with Crippen molar-refractivity contribution in [1.82, 2.24) is 10.4 Å². The predicted octanol–water partition coefficient (Wildman–Crippen LogP) is 2.59. The molecule has 0 radical (unpaired) electrons. The Balaban J connectivity index is 5.17. The molecular weight excluding hydrogens is 288 g/mol. The first-order valence-electron chi connectivity index (χ1n) is 7.26. The summed E-state index contributed by atoms with van der Waals surface area (Å²) in [5.74, 6) is 0. The molecule has 0 aliphatic rings. The van der Waals surface area contributed by atoms with E-state index in [1.165, 1.54) is 12.2 Å². The van der Waals surface area contributed by atoms with Crippen molar-refractivity contribution in [3.8, 4) is 0 Å². The van der Waals surface area contributed by atoms with Crippen LogP contribution in [-0.4, -0.2) is 42.7 Å². The lowest BCUT2D eigenvalue weighted by atomic mass is 10.1. The third kappa shape index (κ3) is 8.08. The van der Waals surface area contributed by atoms with Crippen molar-refractivity contribution >= 4 is 18.5 Å². The highest BCUT2D eigenvalue weighted by Gasteiger charge is 2.24. The van der Waals surface area contributed by atoms with Crippen LogP contribution >= 0.6 is 0 Å². The van der Waals surface area contributed by atoms with Gasteiger partial charge in [-0.15, -0.1) is 0 Å². The van der Waals surface area contributed by atoms with Crippen LogP contribution in [0.15, 0.2) is 24.3 Å². The summed E-state index contributed by atoms with van der Waals surface area (Å²) in [7, 11) is 0. The van der Waals surface area contributed by atoms with Gasteiger partial charge in [0, 0.05) is 0 Å². The second-order valence-corrected chi connectivity index (χ2v) is 4.10. The van der Waals surface area contributed by atoms with E-state index in [1.54, 1.807) is 13.8 Å². The Morgan fingerprint density at radius 3 is 2.36 bits per heavy atom. The van der Waals surface area contributed by atoms with Gasteiger partial charge in [-0.1, -0.05) is 25.2 Å². The third-order valence-corrected chi connectivity index (χ3v) is 2.48. The molecule has 0 bridgehead atoms. The van der Waals surface area contributed by atoms with E-state index < -0.39 is 18.2 Å². The van der Waals surface area contributed by atoms with Gasteiger partial charge in [0.2, 0.25) is 0 Å². The summed E-state index contributed by atoms with van der Waals surface area (Å²) in [5, 5.41) is 1.02. The number of nitrogens with one attached hydrogen (secondary N) is 1. The SMILES string of the molecule is CC/C=C/C[C@H](/C=C/C=O)N(NC(=O)OCC)C(=O)OCC. The van der Waals surface area contributed by atoms with E-state index in [2.05, 4.69) is 5.43 Å². The Morgan fingerprint density at radius 1 is 1.14 bits per heavy atom. The predicted molar refractivity (Wildman–Crippen MR) is 82.1 cm³/mol. The Bertz CT molecular complexity index is 407. The van der Waals surface area contributed by atoms with Crippen LogP contribution in [0.25, 0.3) is 0 Å². The molecule has 0 aromatic rings. The van der Waals surface area contributed by atoms with Crippen LogP contribution in [0.1, 0.15) is 33.6 Å². The summed E-state index contributed by atoms with van der Waals surface area (Å²) >= 11 is 0. The first-order chi connectivity index (χ1) is 10.6. The fourth-order valence-electron chi connectivity index (χ4n) is 1.56. The molecule has 0 aromatic carbocycles. The summed E-state index contributed by atoms with van der Waals surface area (Å²) in [4.78, 5) is 34.1. The first kappa shape index (κ1) is 19.7. The number of rotatable bonds is 8. The highest BCUT2D eigenvalue weighted by molar-refractivity contribution is 5.74. The van der Waals surface area contributed by atoms with Gasteiger partial charge >= 0.3 is 12.2 Å². The van der Waals surface area contributed by atoms with E-state index in [0.29, 0.717) is 12.7 Å². The van der Waals surface area contributed by atoms with E-state index in [-0.39, 0.29) is 13.2 Å². The standard InChI is InChI=1S/C15H24N2O5/c1-4-7-8-10-13(11-9-12-18)17(15(20)22-6-3)16-14(19)21-5-2/h7-9,11-13H,4-6,10H2,1-3H3,(H,16,19)/b8-7+,11-9+/t13-/m1/s1. The lowest BCUT2D eigenvalue weighted by Crippen LogP contribution is -2.51. The van der Waals surface area contributed by atoms with Gasteiger partial charge in [0.05, 0.1) is 19.3 Å². The number of ether oxygens (including phenoxy) is 2. The van der Waals surface area contributed by atoms with E-state index >= 15 is 0 Å². The molecule has 0 aliphatic carbocycles. The van der Waals surface area contributed by atoms with Crippen LogP contribution in [0, 0.1) is 0 Å². The molecule has 0 heterocycles. The molecule has 2 amide bonds. The van der Waals surface area contributed by atoms with Gasteiger partial charge in [-0.2, -0.15) is 0 Å². The minimum atomic E-state index is -0.764. The van der Waals surface area contributed by atoms with Crippen LogP contribution in [0.2, 0.25) is 0 Å². The van der Waals surface area contributed by atoms with E-state index in [4.69, 9.17) is 9.47 Å². The number of amides is 2. The van der Waals surface area contributed by atoms with Crippen LogP contribution in [0.3, 0.4) is 0 Å². The van der Waals surface area contributed by atoms with Crippen molar-refractivity contribution < 1.29 is 23.9 Å². The molecule has 1 N–H and O–H groups in total. The van der Waals surface area contributed by atoms with Gasteiger partial charge in [-0.05, 0) is 32.8 Å². The van der Waals surface area contributed by atoms with E-state index in [1.807, 2.05) is 19.1 Å². The fraction of sp³-hybridized carbons (Fsp3) is 0.533. The van der Waals surface area contributed by atoms with Crippen LogP contribution < -0.4 is 5.43 Å². The Morgan fingerprint density at radius 2 is 1.82 bits per heavy atom. The van der Waals surface area contributed by atoms with Crippen molar-refractivity contribution in [2.24, 2.45) is 0 Å². The quantitative estimate of drug-likeness (QED) is 0.322. The Hall–Kier alpha value is -2.31. The Kier molecular flexibility index (Phi) is 11.1. The molecule has 0 unspecified atom stereocenters. The molecule has 0 spiro atoms. The molecule has 1 atom stereocenters. The molecule has 0 aromatic heterocycles. The summed E-state index contributed by atoms with van der Waals surface area (Å²) in [6.45, 7) is 5.63. The molecule has 124 valence electrons. The van der Waals surface area contributed by atoms with Gasteiger partial charge in [0.15, 0.2) is 0 Å². The number of hydrogen-bond donors (Lipinski definition) is 1. The summed E-state index contributed by atoms with van der Waals surface area (Å²) in [6.07, 6.45) is 6.94. The number of carbonyl (C=O) groups is 3. The maximum Gasteiger partial charge on any atom is 0.429 e. The lowest BCUT2D eigenvalue weighted by molar-refractivity contribution is -0.104. The number of hydrazine groups is 1. The zero-order valence-electron chi connectivity index (χ0n) is 13.3. The number of carbonyl (C=O) groups excluding carboxylic acids is 3. The summed E-state index contributed by atoms with van der Waals surface area (Å²) in [6, 6.07) is -0.559. The highest BCUT2D eigenvalue weighted by atomic mass is 16.6. The summed E-state index contributed by atoms with van der Waals surface area (Å²) in [5.41, 5.74) is 2.33. The maximum absolute atomic E-state index is 12.0. The van der Waals surface area contributed by atoms with Gasteiger partial charge < -0.3 is 9.47 Å². The molecule has 7 heteroatoms. The highest BCUT2D eigenvalue weighted by Crippen LogP contribution is 2.08. The minimum absolute atomic E-state index is 0.161. The van der Waals surface area contributed by atoms with Gasteiger partial charge in [-0.25, -0.2) is 20.0 Å². The van der Waals surface area contributed by atoms with E-state index in [0.717, 1.165) is 11.4 Å². The van der Waals surface area contributed by atoms with Crippen molar-refractivity contribution in [3.05, 3.63) is 24.3 Å². The number of aldehydes is 1. The largest absolute Gasteiger partial charge is 0.449 e. The van der Waals surface area contributed by atoms with Crippen molar-refractivity contribution in [1.29, 1.82) is 0 Å². The van der Waals surface area contributed by atoms with E-state index in [9.17, 15) is 14.4 Å². The van der Waals surface area contributed by atoms with Crippen molar-refractivity contribution in [2.75, 3.05) is 13.2 Å². The molecule has 0 saturated carbocycles. The van der Waals surface area contributed by atoms with Crippen LogP contribution in [0.5, 0.6) is 0 Å². The van der Waals surface area contributed by atoms with Gasteiger partial charge in [0.25, 0.3) is 0 Å². The average Bonchev–Trinajstić information content (AvgIpc) is 2.49. The zero-order chi connectivity index (χ0) is 16.8. The molecule has 22 heavy (non-hydrogen) atoms. The molecule has 7 nitrogen and oxygen atoms in total. The molecule has 0 saturated heterocycles. The number of nitrogens with zero attached hydrogens (tertiary/aromatic N) is 1. The molecule has 0 fully saturated rings. The molecule has 0 aliphatic heterocycles. The second-order valence-electron chi connectivity index (χ2n) is 4.10. The summed E-state index contributed by atoms with van der Waals surface area (Å²) < 4.78 is 9.69. The molecule has 0 rings (SSSR count). The topological polar surface area (TPSA) is 84.9 Å². The van der Waals surface area contributed by atoms with Crippen LogP contribution in [0.4, 0.5) is 9.59 Å². The second kappa shape index (κ2) is 12.4. The number of allylic oxidation sites excluding steroid dienone is 2. The molecular formula is C15H24N2O5. The minimum Gasteiger partial charge on any atom is -0.449 e. The maximum atomic E-state index is 12.0. The monoisotopic (exact) mass is 312 g/mol. The Labute approximate surface area is 130 Å². The smallest absolute Gasteiger partial charge is 0.429 e. The lowest BCUT2D eigenvalue weighted by Gasteiger charge is -2.27. The third-order valence-electron chi connectivity index (χ3n) is 2.48.